The Morgan fingerprint density at radius 3 is 2.71 bits per heavy atom. The fraction of sp³-hybridized carbons (Fsp3) is 0.889. The largest absolute Gasteiger partial charge is 0.393 e. The highest BCUT2D eigenvalue weighted by Gasteiger charge is 2.48. The normalized spacial score (nSPS) is 34.5. The molecule has 0 aliphatic heterocycles. The number of allylic oxidation sites excluding steroid dienone is 1. The molecule has 1 saturated carbocycles. The van der Waals surface area contributed by atoms with E-state index in [-0.39, 0.29) is 11.5 Å². The molecule has 0 bridgehead atoms. The van der Waals surface area contributed by atoms with Crippen molar-refractivity contribution >= 4 is 11.8 Å². The highest BCUT2D eigenvalue weighted by Crippen LogP contribution is 2.55. The van der Waals surface area contributed by atoms with Gasteiger partial charge in [-0.3, -0.25) is 0 Å². The van der Waals surface area contributed by atoms with Gasteiger partial charge in [0.2, 0.25) is 0 Å². The van der Waals surface area contributed by atoms with Crippen molar-refractivity contribution in [3.8, 4) is 0 Å². The van der Waals surface area contributed by atoms with Crippen molar-refractivity contribution in [3.63, 3.8) is 0 Å². The quantitative estimate of drug-likeness (QED) is 0.724. The Morgan fingerprint density at radius 1 is 1.43 bits per heavy atom. The van der Waals surface area contributed by atoms with Crippen LogP contribution in [-0.2, 0) is 0 Å². The summed E-state index contributed by atoms with van der Waals surface area (Å²) in [5.41, 5.74) is 1.18. The Labute approximate surface area is 134 Å². The molecule has 4 unspecified atom stereocenters. The van der Waals surface area contributed by atoms with Gasteiger partial charge in [-0.25, -0.2) is 0 Å². The summed E-state index contributed by atoms with van der Waals surface area (Å²) in [5.74, 6) is 1.22. The second kappa shape index (κ2) is 6.64. The molecule has 2 nitrogen and oxygen atoms in total. The topological polar surface area (TPSA) is 40.5 Å². The second-order valence-corrected chi connectivity index (χ2v) is 8.59. The van der Waals surface area contributed by atoms with E-state index >= 15 is 0 Å². The average Bonchev–Trinajstić information content (AvgIpc) is 2.83. The molecule has 4 atom stereocenters. The maximum absolute atomic E-state index is 10.5. The molecule has 0 aromatic rings. The molecule has 1 fully saturated rings. The Bertz CT molecular complexity index is 389. The first-order valence-electron chi connectivity index (χ1n) is 8.59. The highest BCUT2D eigenvalue weighted by molar-refractivity contribution is 8.00. The summed E-state index contributed by atoms with van der Waals surface area (Å²) in [6.45, 7) is 8.76. The molecule has 0 radical (unpaired) electrons. The van der Waals surface area contributed by atoms with E-state index in [0.717, 1.165) is 37.9 Å². The lowest BCUT2D eigenvalue weighted by Crippen LogP contribution is -2.40. The third-order valence-corrected chi connectivity index (χ3v) is 7.54. The average molecular weight is 313 g/mol. The van der Waals surface area contributed by atoms with E-state index < -0.39 is 5.60 Å². The first-order chi connectivity index (χ1) is 9.86. The predicted octanol–water partition coefficient (Wildman–Crippen LogP) is 4.16. The third kappa shape index (κ3) is 3.35. The standard InChI is InChI=1S/C18H32O2S/c1-5-18(20,6-2)12-21-13(3)14-9-10-15-16(19)8-7-11-17(14,15)4/h9,13,15-16,19-20H,5-8,10-12H2,1-4H3. The van der Waals surface area contributed by atoms with Gasteiger partial charge < -0.3 is 10.2 Å². The smallest absolute Gasteiger partial charge is 0.0732 e. The van der Waals surface area contributed by atoms with Crippen molar-refractivity contribution in [1.29, 1.82) is 0 Å². The van der Waals surface area contributed by atoms with Gasteiger partial charge in [-0.1, -0.05) is 32.4 Å². The predicted molar refractivity (Wildman–Crippen MR) is 91.6 cm³/mol. The molecule has 0 aromatic carbocycles. The maximum Gasteiger partial charge on any atom is 0.0732 e. The summed E-state index contributed by atoms with van der Waals surface area (Å²) in [5, 5.41) is 21.2. The van der Waals surface area contributed by atoms with Crippen molar-refractivity contribution < 1.29 is 10.2 Å². The summed E-state index contributed by atoms with van der Waals surface area (Å²) < 4.78 is 0. The van der Waals surface area contributed by atoms with Crippen molar-refractivity contribution in [2.75, 3.05) is 5.75 Å². The minimum Gasteiger partial charge on any atom is -0.393 e. The van der Waals surface area contributed by atoms with Crippen LogP contribution in [0.15, 0.2) is 11.6 Å². The molecule has 3 heteroatoms. The van der Waals surface area contributed by atoms with Crippen molar-refractivity contribution in [3.05, 3.63) is 11.6 Å². The molecule has 0 saturated heterocycles. The summed E-state index contributed by atoms with van der Waals surface area (Å²) in [7, 11) is 0. The zero-order chi connectivity index (χ0) is 15.7. The van der Waals surface area contributed by atoms with E-state index in [9.17, 15) is 10.2 Å². The van der Waals surface area contributed by atoms with Crippen LogP contribution in [0.2, 0.25) is 0 Å². The lowest BCUT2D eigenvalue weighted by atomic mass is 9.65. The highest BCUT2D eigenvalue weighted by atomic mass is 32.2. The van der Waals surface area contributed by atoms with Gasteiger partial charge in [0.15, 0.2) is 0 Å². The van der Waals surface area contributed by atoms with Crippen LogP contribution in [0, 0.1) is 11.3 Å². The lowest BCUT2D eigenvalue weighted by Gasteiger charge is -2.43. The van der Waals surface area contributed by atoms with Crippen molar-refractivity contribution in [2.24, 2.45) is 11.3 Å². The minimum absolute atomic E-state index is 0.127. The molecule has 0 heterocycles. The van der Waals surface area contributed by atoms with Gasteiger partial charge in [0.1, 0.15) is 0 Å². The number of hydrogen-bond donors (Lipinski definition) is 2. The van der Waals surface area contributed by atoms with E-state index in [4.69, 9.17) is 0 Å². The van der Waals surface area contributed by atoms with Gasteiger partial charge in [-0.15, -0.1) is 0 Å². The maximum atomic E-state index is 10.5. The molecule has 122 valence electrons. The molecule has 2 aliphatic rings. The van der Waals surface area contributed by atoms with E-state index in [1.54, 1.807) is 0 Å². The van der Waals surface area contributed by atoms with Crippen LogP contribution < -0.4 is 0 Å². The van der Waals surface area contributed by atoms with Gasteiger partial charge in [0.25, 0.3) is 0 Å². The second-order valence-electron chi connectivity index (χ2n) is 7.26. The molecule has 0 aromatic heterocycles. The van der Waals surface area contributed by atoms with Crippen LogP contribution in [0.1, 0.15) is 66.2 Å². The van der Waals surface area contributed by atoms with Gasteiger partial charge >= 0.3 is 0 Å². The lowest BCUT2D eigenvalue weighted by molar-refractivity contribution is 0.0105. The van der Waals surface area contributed by atoms with Crippen molar-refractivity contribution in [1.82, 2.24) is 0 Å². The number of rotatable bonds is 6. The molecular weight excluding hydrogens is 280 g/mol. The van der Waals surface area contributed by atoms with Crippen LogP contribution in [0.3, 0.4) is 0 Å². The number of fused-ring (bicyclic) bond motifs is 1. The van der Waals surface area contributed by atoms with Crippen molar-refractivity contribution in [2.45, 2.75) is 83.2 Å². The molecule has 0 spiro atoms. The first kappa shape index (κ1) is 17.4. The van der Waals surface area contributed by atoms with Gasteiger partial charge in [0, 0.05) is 11.0 Å². The molecule has 21 heavy (non-hydrogen) atoms. The Hall–Kier alpha value is 0.01000. The van der Waals surface area contributed by atoms with Crippen LogP contribution >= 0.6 is 11.8 Å². The van der Waals surface area contributed by atoms with E-state index in [1.807, 2.05) is 11.8 Å². The zero-order valence-corrected chi connectivity index (χ0v) is 14.9. The summed E-state index contributed by atoms with van der Waals surface area (Å²) >= 11 is 1.89. The van der Waals surface area contributed by atoms with Gasteiger partial charge in [-0.2, -0.15) is 11.8 Å². The number of aliphatic hydroxyl groups excluding tert-OH is 1. The van der Waals surface area contributed by atoms with E-state index in [0.29, 0.717) is 11.2 Å². The van der Waals surface area contributed by atoms with Gasteiger partial charge in [-0.05, 0) is 56.8 Å². The Kier molecular flexibility index (Phi) is 5.49. The SMILES string of the molecule is CCC(O)(CC)CSC(C)C1=CCC2C(O)CCCC12C. The van der Waals surface area contributed by atoms with Crippen LogP contribution in [0.4, 0.5) is 0 Å². The Morgan fingerprint density at radius 2 is 2.10 bits per heavy atom. The molecular formula is C18H32O2S. The number of aliphatic hydroxyl groups is 2. The van der Waals surface area contributed by atoms with E-state index in [2.05, 4.69) is 33.8 Å². The molecule has 2 N–H and O–H groups in total. The summed E-state index contributed by atoms with van der Waals surface area (Å²) in [4.78, 5) is 0. The molecule has 0 amide bonds. The summed E-state index contributed by atoms with van der Waals surface area (Å²) in [6, 6.07) is 0. The van der Waals surface area contributed by atoms with Crippen LogP contribution in [-0.4, -0.2) is 32.9 Å². The fourth-order valence-corrected chi connectivity index (χ4v) is 5.72. The zero-order valence-electron chi connectivity index (χ0n) is 14.1. The minimum atomic E-state index is -0.523. The Balaban J connectivity index is 2.01. The summed E-state index contributed by atoms with van der Waals surface area (Å²) in [6.07, 6.45) is 8.24. The molecule has 2 aliphatic carbocycles. The number of thioether (sulfide) groups is 1. The van der Waals surface area contributed by atoms with Gasteiger partial charge in [0.05, 0.1) is 11.7 Å². The monoisotopic (exact) mass is 312 g/mol. The van der Waals surface area contributed by atoms with Crippen LogP contribution in [0.25, 0.3) is 0 Å². The fourth-order valence-electron chi connectivity index (χ4n) is 4.21. The molecule has 2 rings (SSSR count). The number of hydrogen-bond acceptors (Lipinski definition) is 3. The van der Waals surface area contributed by atoms with Crippen LogP contribution in [0.5, 0.6) is 0 Å². The van der Waals surface area contributed by atoms with E-state index in [1.165, 1.54) is 12.0 Å². The third-order valence-electron chi connectivity index (χ3n) is 6.09. The first-order valence-corrected chi connectivity index (χ1v) is 9.63.